The lowest BCUT2D eigenvalue weighted by Gasteiger charge is -2.10. The van der Waals surface area contributed by atoms with Crippen molar-refractivity contribution in [1.29, 1.82) is 0 Å². The van der Waals surface area contributed by atoms with E-state index in [-0.39, 0.29) is 16.1 Å². The molecule has 0 aliphatic rings. The monoisotopic (exact) mass is 322 g/mol. The predicted octanol–water partition coefficient (Wildman–Crippen LogP) is 5.35. The van der Waals surface area contributed by atoms with Crippen LogP contribution in [0.1, 0.15) is 0 Å². The van der Waals surface area contributed by atoms with Gasteiger partial charge in [0, 0.05) is 22.3 Å². The molecule has 0 aliphatic carbocycles. The van der Waals surface area contributed by atoms with Gasteiger partial charge in [-0.25, -0.2) is 9.55 Å². The first kappa shape index (κ1) is 14.7. The van der Waals surface area contributed by atoms with Gasteiger partial charge in [0.2, 0.25) is 0 Å². The van der Waals surface area contributed by atoms with Crippen molar-refractivity contribution in [1.82, 2.24) is 9.55 Å². The van der Waals surface area contributed by atoms with Crippen LogP contribution in [0, 0.1) is 0 Å². The second-order valence-electron chi connectivity index (χ2n) is 4.66. The number of alkyl halides is 3. The highest BCUT2D eigenvalue weighted by Gasteiger charge is 2.34. The van der Waals surface area contributed by atoms with Crippen LogP contribution in [0.25, 0.3) is 22.6 Å². The molecule has 3 aromatic rings. The summed E-state index contributed by atoms with van der Waals surface area (Å²) in [5.41, 5.74) is 1.24. The van der Waals surface area contributed by atoms with E-state index in [1.165, 1.54) is 24.3 Å². The average molecular weight is 323 g/mol. The summed E-state index contributed by atoms with van der Waals surface area (Å²) in [6.45, 7) is 0. The maximum absolute atomic E-state index is 13.2. The summed E-state index contributed by atoms with van der Waals surface area (Å²) in [6.07, 6.45) is -3.55. The first-order valence-corrected chi connectivity index (χ1v) is 6.81. The maximum Gasteiger partial charge on any atom is 0.490 e. The highest BCUT2D eigenvalue weighted by Crippen LogP contribution is 2.33. The predicted molar refractivity (Wildman–Crippen MR) is 79.4 cm³/mol. The van der Waals surface area contributed by atoms with Gasteiger partial charge in [-0.15, -0.1) is 13.2 Å². The summed E-state index contributed by atoms with van der Waals surface area (Å²) < 4.78 is 39.9. The smallest absolute Gasteiger partial charge is 0.240 e. The van der Waals surface area contributed by atoms with Crippen LogP contribution in [0.5, 0.6) is 0 Å². The van der Waals surface area contributed by atoms with Crippen LogP contribution in [0.15, 0.2) is 60.8 Å². The zero-order valence-electron chi connectivity index (χ0n) is 11.2. The fourth-order valence-electron chi connectivity index (χ4n) is 2.12. The Labute approximate surface area is 129 Å². The normalized spacial score (nSPS) is 11.6. The van der Waals surface area contributed by atoms with Gasteiger partial charge < -0.3 is 0 Å². The van der Waals surface area contributed by atoms with E-state index in [1.807, 2.05) is 0 Å². The van der Waals surface area contributed by atoms with Gasteiger partial charge in [0.1, 0.15) is 5.82 Å². The van der Waals surface area contributed by atoms with Gasteiger partial charge in [-0.3, -0.25) is 0 Å². The molecule has 22 heavy (non-hydrogen) atoms. The minimum Gasteiger partial charge on any atom is -0.240 e. The third kappa shape index (κ3) is 2.85. The van der Waals surface area contributed by atoms with Gasteiger partial charge in [0.05, 0.1) is 5.69 Å². The van der Waals surface area contributed by atoms with E-state index < -0.39 is 6.30 Å². The molecule has 0 unspecified atom stereocenters. The number of aromatic nitrogens is 2. The molecule has 3 rings (SSSR count). The highest BCUT2D eigenvalue weighted by molar-refractivity contribution is 6.30. The first-order chi connectivity index (χ1) is 10.4. The number of rotatable bonds is 2. The summed E-state index contributed by atoms with van der Waals surface area (Å²) in [4.78, 5) is 4.15. The quantitative estimate of drug-likeness (QED) is 0.622. The fraction of sp³-hybridized carbons (Fsp3) is 0.0625. The Morgan fingerprint density at radius 1 is 0.864 bits per heavy atom. The van der Waals surface area contributed by atoms with Crippen molar-refractivity contribution < 1.29 is 13.2 Å². The zero-order chi connectivity index (χ0) is 15.7. The average Bonchev–Trinajstić information content (AvgIpc) is 2.94. The van der Waals surface area contributed by atoms with Gasteiger partial charge in [0.15, 0.2) is 0 Å². The maximum atomic E-state index is 13.2. The molecule has 0 aliphatic heterocycles. The fourth-order valence-corrected chi connectivity index (χ4v) is 2.25. The number of nitrogens with zero attached hydrogens (tertiary/aromatic N) is 2. The number of hydrogen-bond donors (Lipinski definition) is 0. The van der Waals surface area contributed by atoms with Crippen molar-refractivity contribution in [2.24, 2.45) is 0 Å². The number of hydrogen-bond acceptors (Lipinski definition) is 1. The second-order valence-corrected chi connectivity index (χ2v) is 5.10. The second kappa shape index (κ2) is 5.50. The van der Waals surface area contributed by atoms with Crippen molar-refractivity contribution >= 4 is 11.6 Å². The molecular weight excluding hydrogens is 313 g/mol. The molecule has 0 bridgehead atoms. The van der Waals surface area contributed by atoms with Gasteiger partial charge in [-0.05, 0) is 24.3 Å². The van der Waals surface area contributed by atoms with E-state index in [2.05, 4.69) is 4.98 Å². The summed E-state index contributed by atoms with van der Waals surface area (Å²) in [5, 5.41) is 0.456. The van der Waals surface area contributed by atoms with Crippen LogP contribution in [-0.2, 0) is 6.30 Å². The molecule has 2 aromatic carbocycles. The molecule has 0 fully saturated rings. The molecule has 0 saturated carbocycles. The van der Waals surface area contributed by atoms with Crippen LogP contribution >= 0.6 is 11.6 Å². The molecule has 1 aromatic heterocycles. The number of halogens is 4. The van der Waals surface area contributed by atoms with Crippen molar-refractivity contribution in [3.8, 4) is 22.6 Å². The van der Waals surface area contributed by atoms with Gasteiger partial charge >= 0.3 is 6.30 Å². The molecule has 6 heteroatoms. The lowest BCUT2D eigenvalue weighted by Crippen LogP contribution is -2.16. The number of benzene rings is 2. The molecule has 112 valence electrons. The van der Waals surface area contributed by atoms with Crippen LogP contribution < -0.4 is 0 Å². The minimum atomic E-state index is -4.55. The largest absolute Gasteiger partial charge is 0.490 e. The lowest BCUT2D eigenvalue weighted by molar-refractivity contribution is -0.202. The van der Waals surface area contributed by atoms with Crippen LogP contribution in [0.2, 0.25) is 5.02 Å². The summed E-state index contributed by atoms with van der Waals surface area (Å²) >= 11 is 5.78. The molecular formula is C16H10ClF3N2. The Morgan fingerprint density at radius 2 is 1.50 bits per heavy atom. The molecule has 2 nitrogen and oxygen atoms in total. The Kier molecular flexibility index (Phi) is 3.66. The Hall–Kier alpha value is -2.27. The zero-order valence-corrected chi connectivity index (χ0v) is 11.9. The van der Waals surface area contributed by atoms with Crippen LogP contribution in [0.4, 0.5) is 13.2 Å². The van der Waals surface area contributed by atoms with Gasteiger partial charge in [0.25, 0.3) is 0 Å². The molecule has 0 atom stereocenters. The molecule has 1 heterocycles. The highest BCUT2D eigenvalue weighted by atomic mass is 35.5. The van der Waals surface area contributed by atoms with E-state index in [9.17, 15) is 13.2 Å². The van der Waals surface area contributed by atoms with Crippen molar-refractivity contribution in [3.05, 3.63) is 65.8 Å². The van der Waals surface area contributed by atoms with E-state index in [1.54, 1.807) is 30.3 Å². The van der Waals surface area contributed by atoms with Gasteiger partial charge in [-0.2, -0.15) is 0 Å². The Bertz CT molecular complexity index is 777. The third-order valence-electron chi connectivity index (χ3n) is 3.15. The van der Waals surface area contributed by atoms with Crippen LogP contribution in [-0.4, -0.2) is 9.55 Å². The summed E-state index contributed by atoms with van der Waals surface area (Å²) in [6, 6.07) is 14.8. The van der Waals surface area contributed by atoms with Crippen molar-refractivity contribution in [2.45, 2.75) is 6.30 Å². The molecule has 0 saturated heterocycles. The summed E-state index contributed by atoms with van der Waals surface area (Å²) in [7, 11) is 0. The van der Waals surface area contributed by atoms with E-state index in [4.69, 9.17) is 11.6 Å². The topological polar surface area (TPSA) is 17.8 Å². The molecule has 0 radical (unpaired) electrons. The number of imidazole rings is 1. The first-order valence-electron chi connectivity index (χ1n) is 6.43. The van der Waals surface area contributed by atoms with Crippen LogP contribution in [0.3, 0.4) is 0 Å². The van der Waals surface area contributed by atoms with Crippen molar-refractivity contribution in [2.75, 3.05) is 0 Å². The van der Waals surface area contributed by atoms with E-state index >= 15 is 0 Å². The summed E-state index contributed by atoms with van der Waals surface area (Å²) in [5.74, 6) is -0.164. The molecule has 0 N–H and O–H groups in total. The van der Waals surface area contributed by atoms with Gasteiger partial charge in [-0.1, -0.05) is 41.9 Å². The van der Waals surface area contributed by atoms with E-state index in [0.717, 1.165) is 6.20 Å². The molecule has 0 spiro atoms. The Balaban J connectivity index is 2.16. The van der Waals surface area contributed by atoms with E-state index in [0.29, 0.717) is 16.1 Å². The third-order valence-corrected chi connectivity index (χ3v) is 3.40. The SMILES string of the molecule is FC(F)(F)n1cc(-c2ccccc2)nc1-c1ccc(Cl)cc1. The minimum absolute atomic E-state index is 0.164. The van der Waals surface area contributed by atoms with Crippen molar-refractivity contribution in [3.63, 3.8) is 0 Å². The molecule has 0 amide bonds. The Morgan fingerprint density at radius 3 is 2.09 bits per heavy atom. The standard InChI is InChI=1S/C16H10ClF3N2/c17-13-8-6-12(7-9-13)15-21-14(10-22(15)16(18,19)20)11-4-2-1-3-5-11/h1-10H. The lowest BCUT2D eigenvalue weighted by atomic mass is 10.2.